The van der Waals surface area contributed by atoms with E-state index in [9.17, 15) is 4.79 Å². The number of nitrogens with zero attached hydrogens (tertiary/aromatic N) is 1. The molecule has 0 spiro atoms. The van der Waals surface area contributed by atoms with Crippen molar-refractivity contribution in [1.82, 2.24) is 10.6 Å². The lowest BCUT2D eigenvalue weighted by Crippen LogP contribution is -2.37. The zero-order valence-electron chi connectivity index (χ0n) is 12.5. The number of amides is 2. The number of benzene rings is 1. The number of carbonyl (C=O) groups is 1. The van der Waals surface area contributed by atoms with Crippen LogP contribution in [0.5, 0.6) is 0 Å². The third kappa shape index (κ3) is 5.93. The summed E-state index contributed by atoms with van der Waals surface area (Å²) in [6.45, 7) is 3.23. The summed E-state index contributed by atoms with van der Waals surface area (Å²) in [5.41, 5.74) is 2.18. The maximum atomic E-state index is 11.6. The number of hydrogen-bond acceptors (Lipinski definition) is 3. The Hall–Kier alpha value is -1.75. The normalized spacial score (nSPS) is 11.8. The van der Waals surface area contributed by atoms with Crippen LogP contribution in [0, 0.1) is 5.92 Å². The van der Waals surface area contributed by atoms with E-state index in [2.05, 4.69) is 16.7 Å². The van der Waals surface area contributed by atoms with Crippen molar-refractivity contribution in [1.29, 1.82) is 0 Å². The summed E-state index contributed by atoms with van der Waals surface area (Å²) < 4.78 is 0. The molecule has 0 radical (unpaired) electrons. The van der Waals surface area contributed by atoms with Crippen LogP contribution < -0.4 is 15.5 Å². The minimum atomic E-state index is -0.176. The van der Waals surface area contributed by atoms with Crippen LogP contribution in [0.1, 0.15) is 18.9 Å². The molecule has 0 aliphatic heterocycles. The van der Waals surface area contributed by atoms with Gasteiger partial charge in [-0.1, -0.05) is 19.1 Å². The van der Waals surface area contributed by atoms with Crippen LogP contribution >= 0.6 is 0 Å². The molecule has 0 saturated heterocycles. The molecular formula is C15H25N3O2. The number of aliphatic hydroxyl groups excluding tert-OH is 1. The molecule has 5 nitrogen and oxygen atoms in total. The zero-order valence-corrected chi connectivity index (χ0v) is 12.5. The quantitative estimate of drug-likeness (QED) is 0.710. The van der Waals surface area contributed by atoms with Gasteiger partial charge in [0.05, 0.1) is 0 Å². The Morgan fingerprint density at radius 1 is 1.35 bits per heavy atom. The van der Waals surface area contributed by atoms with Gasteiger partial charge < -0.3 is 20.6 Å². The zero-order chi connectivity index (χ0) is 15.0. The highest BCUT2D eigenvalue weighted by Gasteiger charge is 2.05. The third-order valence-electron chi connectivity index (χ3n) is 3.11. The predicted molar refractivity (Wildman–Crippen MR) is 81.9 cm³/mol. The van der Waals surface area contributed by atoms with Gasteiger partial charge in [0.2, 0.25) is 0 Å². The first-order chi connectivity index (χ1) is 9.52. The number of nitrogens with one attached hydrogen (secondary N) is 2. The van der Waals surface area contributed by atoms with Gasteiger partial charge in [-0.3, -0.25) is 0 Å². The van der Waals surface area contributed by atoms with E-state index in [0.29, 0.717) is 19.5 Å². The molecule has 0 heterocycles. The fourth-order valence-electron chi connectivity index (χ4n) is 1.78. The summed E-state index contributed by atoms with van der Waals surface area (Å²) in [5.74, 6) is 0.280. The van der Waals surface area contributed by atoms with Crippen molar-refractivity contribution >= 4 is 11.7 Å². The first-order valence-electron chi connectivity index (χ1n) is 6.91. The van der Waals surface area contributed by atoms with E-state index >= 15 is 0 Å². The number of anilines is 1. The second-order valence-corrected chi connectivity index (χ2v) is 5.25. The molecule has 1 aromatic rings. The Morgan fingerprint density at radius 3 is 2.75 bits per heavy atom. The molecule has 112 valence electrons. The second kappa shape index (κ2) is 8.43. The van der Waals surface area contributed by atoms with Crippen LogP contribution in [0.15, 0.2) is 24.3 Å². The maximum Gasteiger partial charge on any atom is 0.315 e. The number of rotatable bonds is 7. The summed E-state index contributed by atoms with van der Waals surface area (Å²) >= 11 is 0. The van der Waals surface area contributed by atoms with Crippen LogP contribution in [0.2, 0.25) is 0 Å². The van der Waals surface area contributed by atoms with Crippen molar-refractivity contribution in [3.8, 4) is 0 Å². The van der Waals surface area contributed by atoms with E-state index in [1.54, 1.807) is 0 Å². The Labute approximate surface area is 121 Å². The molecule has 1 aromatic carbocycles. The fourth-order valence-corrected chi connectivity index (χ4v) is 1.78. The molecule has 0 aromatic heterocycles. The molecular weight excluding hydrogens is 254 g/mol. The van der Waals surface area contributed by atoms with Gasteiger partial charge in [-0.2, -0.15) is 0 Å². The van der Waals surface area contributed by atoms with Crippen LogP contribution in [0.25, 0.3) is 0 Å². The lowest BCUT2D eigenvalue weighted by atomic mass is 10.1. The summed E-state index contributed by atoms with van der Waals surface area (Å²) in [7, 11) is 3.98. The number of urea groups is 1. The third-order valence-corrected chi connectivity index (χ3v) is 3.11. The Balaban J connectivity index is 2.35. The van der Waals surface area contributed by atoms with E-state index in [1.165, 1.54) is 0 Å². The Morgan fingerprint density at radius 2 is 2.10 bits per heavy atom. The minimum absolute atomic E-state index is 0.155. The molecule has 0 bridgehead atoms. The standard InChI is InChI=1S/C15H25N3O2/c1-12(7-8-19)10-16-15(20)17-11-13-5-4-6-14(9-13)18(2)3/h4-6,9,12,19H,7-8,10-11H2,1-3H3,(H2,16,17,20). The molecule has 0 saturated carbocycles. The minimum Gasteiger partial charge on any atom is -0.396 e. The lowest BCUT2D eigenvalue weighted by molar-refractivity contribution is 0.233. The maximum absolute atomic E-state index is 11.6. The molecule has 0 aliphatic rings. The molecule has 5 heteroatoms. The van der Waals surface area contributed by atoms with E-state index in [1.807, 2.05) is 44.1 Å². The summed E-state index contributed by atoms with van der Waals surface area (Å²) in [5, 5.41) is 14.4. The fraction of sp³-hybridized carbons (Fsp3) is 0.533. The average Bonchev–Trinajstić information content (AvgIpc) is 2.43. The first kappa shape index (κ1) is 16.3. The van der Waals surface area contributed by atoms with Gasteiger partial charge in [0, 0.05) is 39.5 Å². The highest BCUT2D eigenvalue weighted by atomic mass is 16.3. The molecule has 1 atom stereocenters. The number of hydrogen-bond donors (Lipinski definition) is 3. The Bertz CT molecular complexity index is 421. The average molecular weight is 279 g/mol. The summed E-state index contributed by atoms with van der Waals surface area (Å²) in [4.78, 5) is 13.7. The van der Waals surface area contributed by atoms with E-state index < -0.39 is 0 Å². The van der Waals surface area contributed by atoms with Crippen LogP contribution in [-0.4, -0.2) is 38.4 Å². The Kier molecular flexibility index (Phi) is 6.87. The van der Waals surface area contributed by atoms with Crippen molar-refractivity contribution in [3.63, 3.8) is 0 Å². The summed E-state index contributed by atoms with van der Waals surface area (Å²) in [6, 6.07) is 7.87. The molecule has 2 amide bonds. The van der Waals surface area contributed by atoms with Gasteiger partial charge in [0.1, 0.15) is 0 Å². The van der Waals surface area contributed by atoms with Crippen molar-refractivity contribution in [2.75, 3.05) is 32.1 Å². The van der Waals surface area contributed by atoms with Crippen molar-refractivity contribution in [3.05, 3.63) is 29.8 Å². The smallest absolute Gasteiger partial charge is 0.315 e. The first-order valence-corrected chi connectivity index (χ1v) is 6.91. The SMILES string of the molecule is CC(CCO)CNC(=O)NCc1cccc(N(C)C)c1. The number of carbonyl (C=O) groups excluding carboxylic acids is 1. The van der Waals surface area contributed by atoms with Gasteiger partial charge in [-0.15, -0.1) is 0 Å². The van der Waals surface area contributed by atoms with Crippen molar-refractivity contribution in [2.24, 2.45) is 5.92 Å². The van der Waals surface area contributed by atoms with E-state index in [0.717, 1.165) is 11.3 Å². The lowest BCUT2D eigenvalue weighted by Gasteiger charge is -2.14. The molecule has 1 unspecified atom stereocenters. The van der Waals surface area contributed by atoms with Crippen LogP contribution in [-0.2, 0) is 6.54 Å². The molecule has 0 aliphatic carbocycles. The molecule has 1 rings (SSSR count). The monoisotopic (exact) mass is 279 g/mol. The van der Waals surface area contributed by atoms with Crippen molar-refractivity contribution in [2.45, 2.75) is 19.9 Å². The molecule has 3 N–H and O–H groups in total. The summed E-state index contributed by atoms with van der Waals surface area (Å²) in [6.07, 6.45) is 0.700. The number of aliphatic hydroxyl groups is 1. The van der Waals surface area contributed by atoms with Crippen molar-refractivity contribution < 1.29 is 9.90 Å². The van der Waals surface area contributed by atoms with Gasteiger partial charge in [-0.05, 0) is 30.0 Å². The topological polar surface area (TPSA) is 64.6 Å². The van der Waals surface area contributed by atoms with Gasteiger partial charge in [-0.25, -0.2) is 4.79 Å². The predicted octanol–water partition coefficient (Wildman–Crippen LogP) is 1.57. The van der Waals surface area contributed by atoms with Crippen LogP contribution in [0.3, 0.4) is 0 Å². The van der Waals surface area contributed by atoms with Gasteiger partial charge >= 0.3 is 6.03 Å². The van der Waals surface area contributed by atoms with E-state index in [-0.39, 0.29) is 18.6 Å². The molecule has 0 fully saturated rings. The highest BCUT2D eigenvalue weighted by Crippen LogP contribution is 2.12. The van der Waals surface area contributed by atoms with Crippen LogP contribution in [0.4, 0.5) is 10.5 Å². The van der Waals surface area contributed by atoms with E-state index in [4.69, 9.17) is 5.11 Å². The highest BCUT2D eigenvalue weighted by molar-refractivity contribution is 5.73. The van der Waals surface area contributed by atoms with Gasteiger partial charge in [0.15, 0.2) is 0 Å². The molecule has 20 heavy (non-hydrogen) atoms. The van der Waals surface area contributed by atoms with Gasteiger partial charge in [0.25, 0.3) is 0 Å². The second-order valence-electron chi connectivity index (χ2n) is 5.25. The largest absolute Gasteiger partial charge is 0.396 e.